The van der Waals surface area contributed by atoms with Crippen molar-refractivity contribution in [2.45, 2.75) is 38.5 Å². The van der Waals surface area contributed by atoms with E-state index in [2.05, 4.69) is 5.10 Å². The first kappa shape index (κ1) is 15.9. The average molecular weight is 337 g/mol. The fourth-order valence-corrected chi connectivity index (χ4v) is 3.77. The summed E-state index contributed by atoms with van der Waals surface area (Å²) in [4.78, 5) is 17.2. The molecular formula is C20H23N3O2. The van der Waals surface area contributed by atoms with Gasteiger partial charge in [-0.25, -0.2) is 9.50 Å². The maximum absolute atomic E-state index is 12.5. The second kappa shape index (κ2) is 6.75. The van der Waals surface area contributed by atoms with Gasteiger partial charge < -0.3 is 4.74 Å². The van der Waals surface area contributed by atoms with Gasteiger partial charge >= 0.3 is 0 Å². The molecule has 0 bridgehead atoms. The van der Waals surface area contributed by atoms with E-state index >= 15 is 0 Å². The van der Waals surface area contributed by atoms with Crippen molar-refractivity contribution in [2.75, 3.05) is 7.11 Å². The fourth-order valence-electron chi connectivity index (χ4n) is 3.77. The van der Waals surface area contributed by atoms with Crippen LogP contribution in [0.3, 0.4) is 0 Å². The smallest absolute Gasteiger partial charge is 0.272 e. The Bertz CT molecular complexity index is 936. The summed E-state index contributed by atoms with van der Waals surface area (Å²) in [6.45, 7) is 0. The van der Waals surface area contributed by atoms with E-state index in [1.165, 1.54) is 36.6 Å². The first-order valence-corrected chi connectivity index (χ1v) is 8.99. The van der Waals surface area contributed by atoms with Gasteiger partial charge in [-0.05, 0) is 24.5 Å². The van der Waals surface area contributed by atoms with Crippen LogP contribution in [0.5, 0.6) is 5.75 Å². The molecule has 1 N–H and O–H groups in total. The first-order chi connectivity index (χ1) is 12.2. The van der Waals surface area contributed by atoms with Gasteiger partial charge in [0, 0.05) is 23.4 Å². The van der Waals surface area contributed by atoms with Crippen molar-refractivity contribution in [3.8, 4) is 17.0 Å². The standard InChI is InChI=1S/C20H23N3O2/c1-25-17-9-5-8-15(11-17)18-13-19-21-16(12-20(24)23(19)22-18)10-14-6-3-2-4-7-14/h5,8-9,11-14,22H,2-4,6-7,10H2,1H3. The summed E-state index contributed by atoms with van der Waals surface area (Å²) in [5, 5.41) is 3.15. The summed E-state index contributed by atoms with van der Waals surface area (Å²) < 4.78 is 6.79. The molecular weight excluding hydrogens is 314 g/mol. The summed E-state index contributed by atoms with van der Waals surface area (Å²) in [6, 6.07) is 11.4. The van der Waals surface area contributed by atoms with Crippen LogP contribution in [0.4, 0.5) is 0 Å². The zero-order valence-electron chi connectivity index (χ0n) is 14.5. The molecule has 0 amide bonds. The molecule has 1 saturated carbocycles. The Kier molecular flexibility index (Phi) is 4.30. The molecule has 1 aromatic carbocycles. The summed E-state index contributed by atoms with van der Waals surface area (Å²) in [7, 11) is 1.65. The zero-order valence-corrected chi connectivity index (χ0v) is 14.5. The third-order valence-corrected chi connectivity index (χ3v) is 5.11. The molecule has 0 radical (unpaired) electrons. The molecule has 0 aliphatic heterocycles. The van der Waals surface area contributed by atoms with Crippen molar-refractivity contribution in [1.82, 2.24) is 14.6 Å². The van der Waals surface area contributed by atoms with Gasteiger partial charge in [0.2, 0.25) is 0 Å². The second-order valence-electron chi connectivity index (χ2n) is 6.89. The van der Waals surface area contributed by atoms with Gasteiger partial charge in [-0.15, -0.1) is 0 Å². The summed E-state index contributed by atoms with van der Waals surface area (Å²) in [5.41, 5.74) is 3.37. The van der Waals surface area contributed by atoms with Crippen molar-refractivity contribution in [2.24, 2.45) is 5.92 Å². The lowest BCUT2D eigenvalue weighted by Gasteiger charge is -2.20. The highest BCUT2D eigenvalue weighted by Crippen LogP contribution is 2.27. The largest absolute Gasteiger partial charge is 0.497 e. The zero-order chi connectivity index (χ0) is 17.2. The predicted molar refractivity (Wildman–Crippen MR) is 98.1 cm³/mol. The molecule has 0 spiro atoms. The van der Waals surface area contributed by atoms with E-state index < -0.39 is 0 Å². The quantitative estimate of drug-likeness (QED) is 0.787. The SMILES string of the molecule is COc1cccc(-c2cc3nc(CC4CCCCC4)cc(=O)n3[nH]2)c1. The maximum atomic E-state index is 12.5. The predicted octanol–water partition coefficient (Wildman–Crippen LogP) is 3.82. The summed E-state index contributed by atoms with van der Waals surface area (Å²) in [6.07, 6.45) is 7.36. The lowest BCUT2D eigenvalue weighted by Crippen LogP contribution is -2.18. The van der Waals surface area contributed by atoms with Crippen LogP contribution in [0.25, 0.3) is 16.9 Å². The van der Waals surface area contributed by atoms with Gasteiger partial charge in [0.25, 0.3) is 5.56 Å². The van der Waals surface area contributed by atoms with E-state index in [-0.39, 0.29) is 5.56 Å². The van der Waals surface area contributed by atoms with Gasteiger partial charge in [0.15, 0.2) is 5.65 Å². The monoisotopic (exact) mass is 337 g/mol. The minimum atomic E-state index is -0.0510. The van der Waals surface area contributed by atoms with Crippen molar-refractivity contribution in [3.63, 3.8) is 0 Å². The Hall–Kier alpha value is -2.56. The number of aromatic nitrogens is 3. The van der Waals surface area contributed by atoms with E-state index in [1.54, 1.807) is 13.2 Å². The lowest BCUT2D eigenvalue weighted by atomic mass is 9.86. The molecule has 0 unspecified atom stereocenters. The van der Waals surface area contributed by atoms with Crippen LogP contribution in [-0.2, 0) is 6.42 Å². The number of H-pyrrole nitrogens is 1. The van der Waals surface area contributed by atoms with E-state index in [9.17, 15) is 4.79 Å². The van der Waals surface area contributed by atoms with Gasteiger partial charge in [-0.3, -0.25) is 9.89 Å². The molecule has 3 aromatic rings. The molecule has 0 saturated heterocycles. The molecule has 4 rings (SSSR count). The highest BCUT2D eigenvalue weighted by molar-refractivity contribution is 5.65. The van der Waals surface area contributed by atoms with Gasteiger partial charge in [-0.2, -0.15) is 0 Å². The Morgan fingerprint density at radius 3 is 2.84 bits per heavy atom. The molecule has 25 heavy (non-hydrogen) atoms. The Balaban J connectivity index is 1.67. The highest BCUT2D eigenvalue weighted by Gasteiger charge is 2.16. The number of hydrogen-bond acceptors (Lipinski definition) is 3. The van der Waals surface area contributed by atoms with E-state index in [0.717, 1.165) is 29.1 Å². The molecule has 2 aromatic heterocycles. The number of aromatic amines is 1. The van der Waals surface area contributed by atoms with Crippen LogP contribution in [0, 0.1) is 5.92 Å². The number of ether oxygens (including phenoxy) is 1. The Labute approximate surface area is 146 Å². The van der Waals surface area contributed by atoms with Crippen LogP contribution in [0.2, 0.25) is 0 Å². The van der Waals surface area contributed by atoms with Crippen molar-refractivity contribution < 1.29 is 4.74 Å². The first-order valence-electron chi connectivity index (χ1n) is 8.99. The number of benzene rings is 1. The van der Waals surface area contributed by atoms with Crippen LogP contribution >= 0.6 is 0 Å². The summed E-state index contributed by atoms with van der Waals surface area (Å²) in [5.74, 6) is 1.45. The van der Waals surface area contributed by atoms with Gasteiger partial charge in [-0.1, -0.05) is 44.2 Å². The van der Waals surface area contributed by atoms with Gasteiger partial charge in [0.05, 0.1) is 12.8 Å². The van der Waals surface area contributed by atoms with E-state index in [1.807, 2.05) is 30.3 Å². The molecule has 130 valence electrons. The molecule has 1 aliphatic rings. The van der Waals surface area contributed by atoms with Crippen molar-refractivity contribution in [3.05, 3.63) is 52.4 Å². The number of rotatable bonds is 4. The topological polar surface area (TPSA) is 59.4 Å². The number of nitrogens with zero attached hydrogens (tertiary/aromatic N) is 2. The van der Waals surface area contributed by atoms with Gasteiger partial charge in [0.1, 0.15) is 5.75 Å². The molecule has 5 nitrogen and oxygen atoms in total. The average Bonchev–Trinajstić information content (AvgIpc) is 3.07. The third kappa shape index (κ3) is 3.31. The van der Waals surface area contributed by atoms with E-state index in [0.29, 0.717) is 11.6 Å². The van der Waals surface area contributed by atoms with Crippen molar-refractivity contribution >= 4 is 5.65 Å². The number of methoxy groups -OCH3 is 1. The van der Waals surface area contributed by atoms with Crippen LogP contribution < -0.4 is 10.3 Å². The minimum Gasteiger partial charge on any atom is -0.497 e. The number of fused-ring (bicyclic) bond motifs is 1. The lowest BCUT2D eigenvalue weighted by molar-refractivity contribution is 0.354. The maximum Gasteiger partial charge on any atom is 0.272 e. The highest BCUT2D eigenvalue weighted by atomic mass is 16.5. The second-order valence-corrected chi connectivity index (χ2v) is 6.89. The normalized spacial score (nSPS) is 15.6. The third-order valence-electron chi connectivity index (χ3n) is 5.11. The fraction of sp³-hybridized carbons (Fsp3) is 0.400. The van der Waals surface area contributed by atoms with Crippen molar-refractivity contribution in [1.29, 1.82) is 0 Å². The Morgan fingerprint density at radius 1 is 1.20 bits per heavy atom. The van der Waals surface area contributed by atoms with Crippen LogP contribution in [0.1, 0.15) is 37.8 Å². The molecule has 1 aliphatic carbocycles. The molecule has 5 heteroatoms. The minimum absolute atomic E-state index is 0.0510. The summed E-state index contributed by atoms with van der Waals surface area (Å²) >= 11 is 0. The molecule has 1 fully saturated rings. The molecule has 0 atom stereocenters. The molecule has 2 heterocycles. The number of hydrogen-bond donors (Lipinski definition) is 1. The van der Waals surface area contributed by atoms with E-state index in [4.69, 9.17) is 9.72 Å². The Morgan fingerprint density at radius 2 is 2.04 bits per heavy atom. The van der Waals surface area contributed by atoms with Crippen LogP contribution in [0.15, 0.2) is 41.2 Å². The van der Waals surface area contributed by atoms with Crippen LogP contribution in [-0.4, -0.2) is 21.7 Å². The number of nitrogens with one attached hydrogen (secondary N) is 1.